The van der Waals surface area contributed by atoms with Crippen molar-refractivity contribution >= 4 is 17.7 Å². The third-order valence-corrected chi connectivity index (χ3v) is 4.32. The molecule has 0 unspecified atom stereocenters. The van der Waals surface area contributed by atoms with E-state index in [1.54, 1.807) is 7.05 Å². The van der Waals surface area contributed by atoms with E-state index in [1.807, 2.05) is 43.9 Å². The van der Waals surface area contributed by atoms with Gasteiger partial charge in [-0.1, -0.05) is 6.07 Å². The number of ether oxygens (including phenoxy) is 1. The fourth-order valence-corrected chi connectivity index (χ4v) is 1.82. The van der Waals surface area contributed by atoms with Crippen molar-refractivity contribution in [1.29, 1.82) is 0 Å². The van der Waals surface area contributed by atoms with Crippen LogP contribution >= 0.6 is 11.8 Å². The number of guanidine groups is 1. The Morgan fingerprint density at radius 1 is 1.36 bits per heavy atom. The van der Waals surface area contributed by atoms with E-state index in [0.717, 1.165) is 18.1 Å². The molecule has 6 heteroatoms. The monoisotopic (exact) mass is 324 g/mol. The van der Waals surface area contributed by atoms with Crippen LogP contribution in [0.5, 0.6) is 5.88 Å². The zero-order valence-corrected chi connectivity index (χ0v) is 15.3. The Morgan fingerprint density at radius 2 is 2.09 bits per heavy atom. The van der Waals surface area contributed by atoms with Gasteiger partial charge in [-0.15, -0.1) is 0 Å². The lowest BCUT2D eigenvalue weighted by atomic mass is 10.2. The van der Waals surface area contributed by atoms with Crippen LogP contribution in [0.4, 0.5) is 0 Å². The Bertz CT molecular complexity index is 472. The molecule has 0 aliphatic carbocycles. The minimum Gasteiger partial charge on any atom is -0.475 e. The Kier molecular flexibility index (Phi) is 7.51. The first kappa shape index (κ1) is 18.6. The molecule has 124 valence electrons. The lowest BCUT2D eigenvalue weighted by Crippen LogP contribution is -2.43. The van der Waals surface area contributed by atoms with Crippen LogP contribution in [0.25, 0.3) is 0 Å². The molecule has 0 aromatic carbocycles. The van der Waals surface area contributed by atoms with E-state index in [2.05, 4.69) is 40.7 Å². The van der Waals surface area contributed by atoms with Crippen LogP contribution in [0, 0.1) is 0 Å². The second kappa shape index (κ2) is 8.88. The van der Waals surface area contributed by atoms with Crippen LogP contribution in [-0.2, 0) is 6.54 Å². The second-order valence-electron chi connectivity index (χ2n) is 5.91. The highest BCUT2D eigenvalue weighted by Crippen LogP contribution is 2.19. The van der Waals surface area contributed by atoms with Crippen LogP contribution < -0.4 is 15.4 Å². The summed E-state index contributed by atoms with van der Waals surface area (Å²) in [4.78, 5) is 8.53. The summed E-state index contributed by atoms with van der Waals surface area (Å²) in [5.41, 5.74) is 1.09. The number of hydrogen-bond acceptors (Lipinski definition) is 4. The number of hydrogen-bond donors (Lipinski definition) is 2. The van der Waals surface area contributed by atoms with Gasteiger partial charge in [0.2, 0.25) is 5.88 Å². The van der Waals surface area contributed by atoms with E-state index >= 15 is 0 Å². The molecule has 0 fully saturated rings. The van der Waals surface area contributed by atoms with Gasteiger partial charge < -0.3 is 15.4 Å². The highest BCUT2D eigenvalue weighted by molar-refractivity contribution is 7.99. The largest absolute Gasteiger partial charge is 0.475 e. The number of nitrogens with zero attached hydrogens (tertiary/aromatic N) is 2. The smallest absolute Gasteiger partial charge is 0.213 e. The van der Waals surface area contributed by atoms with Crippen LogP contribution in [-0.4, -0.2) is 41.6 Å². The van der Waals surface area contributed by atoms with E-state index < -0.39 is 0 Å². The minimum absolute atomic E-state index is 0.138. The molecular formula is C16H28N4OS. The summed E-state index contributed by atoms with van der Waals surface area (Å²) in [5, 5.41) is 6.63. The van der Waals surface area contributed by atoms with E-state index in [4.69, 9.17) is 4.74 Å². The molecule has 22 heavy (non-hydrogen) atoms. The predicted molar refractivity (Wildman–Crippen MR) is 95.8 cm³/mol. The molecule has 0 aliphatic heterocycles. The molecule has 1 aromatic rings. The first-order valence-electron chi connectivity index (χ1n) is 7.47. The molecule has 1 rings (SSSR count). The summed E-state index contributed by atoms with van der Waals surface area (Å²) >= 11 is 1.83. The predicted octanol–water partition coefficient (Wildman–Crippen LogP) is 2.68. The quantitative estimate of drug-likeness (QED) is 0.596. The standard InChI is InChI=1S/C16H28N4OS/c1-12(2)21-14-8-7-13(9-18-14)10-19-15(17-5)20-11-16(3,4)22-6/h7-9,12H,10-11H2,1-6H3,(H2,17,19,20). The molecule has 0 spiro atoms. The number of aromatic nitrogens is 1. The molecule has 1 aromatic heterocycles. The summed E-state index contributed by atoms with van der Waals surface area (Å²) in [5.74, 6) is 1.45. The van der Waals surface area contributed by atoms with Crippen LogP contribution in [0.15, 0.2) is 23.3 Å². The summed E-state index contributed by atoms with van der Waals surface area (Å²) in [6, 6.07) is 3.90. The van der Waals surface area contributed by atoms with Gasteiger partial charge in [0.1, 0.15) is 0 Å². The van der Waals surface area contributed by atoms with Gasteiger partial charge >= 0.3 is 0 Å². The lowest BCUT2D eigenvalue weighted by molar-refractivity contribution is 0.232. The molecule has 0 saturated carbocycles. The van der Waals surface area contributed by atoms with Crippen LogP contribution in [0.1, 0.15) is 33.3 Å². The highest BCUT2D eigenvalue weighted by atomic mass is 32.2. The van der Waals surface area contributed by atoms with Gasteiger partial charge in [-0.3, -0.25) is 4.99 Å². The number of pyridine rings is 1. The van der Waals surface area contributed by atoms with Crippen molar-refractivity contribution in [1.82, 2.24) is 15.6 Å². The number of nitrogens with one attached hydrogen (secondary N) is 2. The van der Waals surface area contributed by atoms with Gasteiger partial charge in [0.25, 0.3) is 0 Å². The maximum absolute atomic E-state index is 5.53. The van der Waals surface area contributed by atoms with Crippen LogP contribution in [0.3, 0.4) is 0 Å². The normalized spacial score (nSPS) is 12.4. The molecule has 1 heterocycles. The molecule has 0 bridgehead atoms. The molecule has 0 atom stereocenters. The fourth-order valence-electron chi connectivity index (χ4n) is 1.60. The number of aliphatic imine (C=N–C) groups is 1. The maximum atomic E-state index is 5.53. The van der Waals surface area contributed by atoms with Gasteiger partial charge in [0.05, 0.1) is 6.10 Å². The first-order chi connectivity index (χ1) is 10.4. The van der Waals surface area contributed by atoms with Crippen molar-refractivity contribution in [3.05, 3.63) is 23.9 Å². The first-order valence-corrected chi connectivity index (χ1v) is 8.70. The Morgan fingerprint density at radius 3 is 2.59 bits per heavy atom. The van der Waals surface area contributed by atoms with Gasteiger partial charge in [-0.25, -0.2) is 4.98 Å². The van der Waals surface area contributed by atoms with E-state index in [1.165, 1.54) is 0 Å². The third-order valence-electron chi connectivity index (χ3n) is 3.07. The zero-order chi connectivity index (χ0) is 16.6. The highest BCUT2D eigenvalue weighted by Gasteiger charge is 2.16. The van der Waals surface area contributed by atoms with Crippen molar-refractivity contribution in [3.63, 3.8) is 0 Å². The number of thioether (sulfide) groups is 1. The third kappa shape index (κ3) is 7.02. The van der Waals surface area contributed by atoms with E-state index in [-0.39, 0.29) is 10.9 Å². The van der Waals surface area contributed by atoms with Crippen molar-refractivity contribution in [2.24, 2.45) is 4.99 Å². The molecular weight excluding hydrogens is 296 g/mol. The zero-order valence-electron chi connectivity index (χ0n) is 14.4. The molecule has 2 N–H and O–H groups in total. The Hall–Kier alpha value is -1.43. The molecule has 5 nitrogen and oxygen atoms in total. The SMILES string of the molecule is CN=C(NCc1ccc(OC(C)C)nc1)NCC(C)(C)SC. The Labute approximate surface area is 138 Å². The van der Waals surface area contributed by atoms with Gasteiger partial charge in [0, 0.05) is 37.1 Å². The summed E-state index contributed by atoms with van der Waals surface area (Å²) in [7, 11) is 1.78. The Balaban J connectivity index is 2.46. The lowest BCUT2D eigenvalue weighted by Gasteiger charge is -2.23. The molecule has 0 saturated heterocycles. The summed E-state index contributed by atoms with van der Waals surface area (Å²) in [6.07, 6.45) is 4.08. The fraction of sp³-hybridized carbons (Fsp3) is 0.625. The van der Waals surface area contributed by atoms with Crippen molar-refractivity contribution < 1.29 is 4.74 Å². The molecule has 0 aliphatic rings. The summed E-state index contributed by atoms with van der Waals surface area (Å²) in [6.45, 7) is 9.91. The average molecular weight is 324 g/mol. The van der Waals surface area contributed by atoms with Crippen LogP contribution in [0.2, 0.25) is 0 Å². The van der Waals surface area contributed by atoms with Gasteiger partial charge in [-0.2, -0.15) is 11.8 Å². The van der Waals surface area contributed by atoms with Crippen molar-refractivity contribution in [3.8, 4) is 5.88 Å². The topological polar surface area (TPSA) is 58.5 Å². The van der Waals surface area contributed by atoms with E-state index in [9.17, 15) is 0 Å². The summed E-state index contributed by atoms with van der Waals surface area (Å²) < 4.78 is 5.71. The van der Waals surface area contributed by atoms with Crippen molar-refractivity contribution in [2.45, 2.75) is 45.1 Å². The van der Waals surface area contributed by atoms with Crippen molar-refractivity contribution in [2.75, 3.05) is 19.8 Å². The maximum Gasteiger partial charge on any atom is 0.213 e. The minimum atomic E-state index is 0.138. The van der Waals surface area contributed by atoms with Gasteiger partial charge in [-0.05, 0) is 39.5 Å². The average Bonchev–Trinajstić information content (AvgIpc) is 2.48. The van der Waals surface area contributed by atoms with E-state index in [0.29, 0.717) is 12.4 Å². The molecule has 0 amide bonds. The number of rotatable bonds is 7. The van der Waals surface area contributed by atoms with Gasteiger partial charge in [0.15, 0.2) is 5.96 Å². The second-order valence-corrected chi connectivity index (χ2v) is 7.43. The molecule has 0 radical (unpaired) electrons.